The number of allylic oxidation sites excluding steroid dienone is 2. The van der Waals surface area contributed by atoms with Gasteiger partial charge in [-0.25, -0.2) is 0 Å². The molecule has 1 unspecified atom stereocenters. The summed E-state index contributed by atoms with van der Waals surface area (Å²) in [5, 5.41) is 0. The smallest absolute Gasteiger partial charge is 0.154 e. The first-order valence-electron chi connectivity index (χ1n) is 4.75. The molecule has 0 bridgehead atoms. The van der Waals surface area contributed by atoms with Gasteiger partial charge in [0.25, 0.3) is 0 Å². The largest absolute Gasteiger partial charge is 0.372 e. The minimum absolute atomic E-state index is 0.192. The lowest BCUT2D eigenvalue weighted by Gasteiger charge is -2.18. The minimum Gasteiger partial charge on any atom is -0.372 e. The maximum atomic E-state index is 10.9. The third kappa shape index (κ3) is 1.26. The quantitative estimate of drug-likeness (QED) is 0.551. The predicted octanol–water partition coefficient (Wildman–Crippen LogP) is 1.72. The third-order valence-corrected chi connectivity index (χ3v) is 2.85. The summed E-state index contributed by atoms with van der Waals surface area (Å²) in [6, 6.07) is 0.760. The van der Waals surface area contributed by atoms with Gasteiger partial charge in [0.15, 0.2) is 5.78 Å². The van der Waals surface area contributed by atoms with Crippen molar-refractivity contribution in [1.82, 2.24) is 4.90 Å². The summed E-state index contributed by atoms with van der Waals surface area (Å²) in [4.78, 5) is 13.3. The molecule has 0 saturated carbocycles. The van der Waals surface area contributed by atoms with E-state index < -0.39 is 0 Å². The SMILES string of the molecule is CC(=O)/C=C1\CCC2CCCN12. The Labute approximate surface area is 73.2 Å². The van der Waals surface area contributed by atoms with Crippen LogP contribution in [0.5, 0.6) is 0 Å². The first-order valence-corrected chi connectivity index (χ1v) is 4.75. The summed E-state index contributed by atoms with van der Waals surface area (Å²) in [5.74, 6) is 0.192. The molecule has 0 aliphatic carbocycles. The summed E-state index contributed by atoms with van der Waals surface area (Å²) in [6.07, 6.45) is 6.82. The number of carbonyl (C=O) groups excluding carboxylic acids is 1. The summed E-state index contributed by atoms with van der Waals surface area (Å²) in [7, 11) is 0. The molecule has 0 radical (unpaired) electrons. The summed E-state index contributed by atoms with van der Waals surface area (Å²) >= 11 is 0. The predicted molar refractivity (Wildman–Crippen MR) is 47.7 cm³/mol. The maximum absolute atomic E-state index is 10.9. The lowest BCUT2D eigenvalue weighted by molar-refractivity contribution is -0.112. The van der Waals surface area contributed by atoms with E-state index in [1.807, 2.05) is 6.08 Å². The zero-order valence-corrected chi connectivity index (χ0v) is 7.55. The molecule has 2 aliphatic rings. The van der Waals surface area contributed by atoms with Crippen molar-refractivity contribution in [3.63, 3.8) is 0 Å². The van der Waals surface area contributed by atoms with Gasteiger partial charge >= 0.3 is 0 Å². The molecule has 2 heteroatoms. The van der Waals surface area contributed by atoms with E-state index in [1.165, 1.54) is 31.5 Å². The molecule has 2 aliphatic heterocycles. The van der Waals surface area contributed by atoms with E-state index in [9.17, 15) is 4.79 Å². The van der Waals surface area contributed by atoms with Crippen LogP contribution < -0.4 is 0 Å². The van der Waals surface area contributed by atoms with Gasteiger partial charge in [-0.05, 0) is 38.7 Å². The number of rotatable bonds is 1. The zero-order chi connectivity index (χ0) is 8.55. The van der Waals surface area contributed by atoms with Crippen LogP contribution in [0.3, 0.4) is 0 Å². The van der Waals surface area contributed by atoms with Gasteiger partial charge in [-0.3, -0.25) is 4.79 Å². The molecular weight excluding hydrogens is 150 g/mol. The Morgan fingerprint density at radius 3 is 3.17 bits per heavy atom. The number of hydrogen-bond acceptors (Lipinski definition) is 2. The number of ketones is 1. The Hall–Kier alpha value is -0.790. The highest BCUT2D eigenvalue weighted by Gasteiger charge is 2.31. The molecule has 0 aromatic heterocycles. The highest BCUT2D eigenvalue weighted by molar-refractivity contribution is 5.87. The number of nitrogens with zero attached hydrogens (tertiary/aromatic N) is 1. The van der Waals surface area contributed by atoms with Crippen molar-refractivity contribution >= 4 is 5.78 Å². The first-order chi connectivity index (χ1) is 5.77. The van der Waals surface area contributed by atoms with Crippen LogP contribution in [0.2, 0.25) is 0 Å². The molecule has 0 N–H and O–H groups in total. The van der Waals surface area contributed by atoms with Crippen molar-refractivity contribution in [1.29, 1.82) is 0 Å². The van der Waals surface area contributed by atoms with Crippen molar-refractivity contribution in [3.05, 3.63) is 11.8 Å². The van der Waals surface area contributed by atoms with E-state index >= 15 is 0 Å². The Morgan fingerprint density at radius 1 is 1.58 bits per heavy atom. The maximum Gasteiger partial charge on any atom is 0.154 e. The first kappa shape index (κ1) is 7.84. The third-order valence-electron chi connectivity index (χ3n) is 2.85. The molecule has 2 heterocycles. The van der Waals surface area contributed by atoms with E-state index in [0.29, 0.717) is 0 Å². The van der Waals surface area contributed by atoms with E-state index in [-0.39, 0.29) is 5.78 Å². The normalized spacial score (nSPS) is 31.2. The van der Waals surface area contributed by atoms with Crippen molar-refractivity contribution in [2.45, 2.75) is 38.6 Å². The van der Waals surface area contributed by atoms with Crippen LogP contribution in [0.15, 0.2) is 11.8 Å². The molecule has 2 rings (SSSR count). The van der Waals surface area contributed by atoms with Crippen LogP contribution in [-0.4, -0.2) is 23.3 Å². The Morgan fingerprint density at radius 2 is 2.42 bits per heavy atom. The Balaban J connectivity index is 2.13. The fourth-order valence-electron chi connectivity index (χ4n) is 2.36. The molecule has 0 amide bonds. The summed E-state index contributed by atoms with van der Waals surface area (Å²) < 4.78 is 0. The molecule has 1 atom stereocenters. The van der Waals surface area contributed by atoms with Gasteiger partial charge in [0.2, 0.25) is 0 Å². The molecule has 0 spiro atoms. The van der Waals surface area contributed by atoms with Gasteiger partial charge in [0, 0.05) is 18.3 Å². The fraction of sp³-hybridized carbons (Fsp3) is 0.700. The van der Waals surface area contributed by atoms with Crippen LogP contribution in [0.25, 0.3) is 0 Å². The van der Waals surface area contributed by atoms with Crippen LogP contribution in [0, 0.1) is 0 Å². The molecule has 2 fully saturated rings. The van der Waals surface area contributed by atoms with E-state index in [2.05, 4.69) is 4.90 Å². The Bertz CT molecular complexity index is 232. The van der Waals surface area contributed by atoms with Crippen molar-refractivity contribution in [2.75, 3.05) is 6.54 Å². The van der Waals surface area contributed by atoms with Gasteiger partial charge in [0.05, 0.1) is 0 Å². The molecule has 2 saturated heterocycles. The minimum atomic E-state index is 0.192. The summed E-state index contributed by atoms with van der Waals surface area (Å²) in [6.45, 7) is 2.81. The van der Waals surface area contributed by atoms with Crippen LogP contribution in [0.4, 0.5) is 0 Å². The standard InChI is InChI=1S/C10H15NO/c1-8(12)7-10-5-4-9-3-2-6-11(9)10/h7,9H,2-6H2,1H3/b10-7+. The molecule has 66 valence electrons. The van der Waals surface area contributed by atoms with Crippen LogP contribution in [-0.2, 0) is 4.79 Å². The van der Waals surface area contributed by atoms with E-state index in [4.69, 9.17) is 0 Å². The van der Waals surface area contributed by atoms with Crippen molar-refractivity contribution in [2.24, 2.45) is 0 Å². The van der Waals surface area contributed by atoms with Gasteiger partial charge in [-0.2, -0.15) is 0 Å². The lowest BCUT2D eigenvalue weighted by Crippen LogP contribution is -2.20. The second-order valence-corrected chi connectivity index (χ2v) is 3.77. The Kier molecular flexibility index (Phi) is 1.91. The zero-order valence-electron chi connectivity index (χ0n) is 7.55. The van der Waals surface area contributed by atoms with Gasteiger partial charge in [-0.1, -0.05) is 0 Å². The number of carbonyl (C=O) groups is 1. The van der Waals surface area contributed by atoms with Crippen LogP contribution in [0.1, 0.15) is 32.6 Å². The second-order valence-electron chi connectivity index (χ2n) is 3.77. The highest BCUT2D eigenvalue weighted by Crippen LogP contribution is 2.34. The molecule has 12 heavy (non-hydrogen) atoms. The molecule has 2 nitrogen and oxygen atoms in total. The molecular formula is C10H15NO. The highest BCUT2D eigenvalue weighted by atomic mass is 16.1. The molecule has 0 aromatic carbocycles. The molecule has 0 aromatic rings. The average molecular weight is 165 g/mol. The van der Waals surface area contributed by atoms with Gasteiger partial charge < -0.3 is 4.90 Å². The van der Waals surface area contributed by atoms with Crippen molar-refractivity contribution in [3.8, 4) is 0 Å². The van der Waals surface area contributed by atoms with E-state index in [0.717, 1.165) is 12.5 Å². The van der Waals surface area contributed by atoms with Gasteiger partial charge in [0.1, 0.15) is 0 Å². The number of fused-ring (bicyclic) bond motifs is 1. The lowest BCUT2D eigenvalue weighted by atomic mass is 10.1. The van der Waals surface area contributed by atoms with Gasteiger partial charge in [-0.15, -0.1) is 0 Å². The summed E-state index contributed by atoms with van der Waals surface area (Å²) in [5.41, 5.74) is 1.28. The topological polar surface area (TPSA) is 20.3 Å². The van der Waals surface area contributed by atoms with Crippen LogP contribution >= 0.6 is 0 Å². The second kappa shape index (κ2) is 2.92. The number of hydrogen-bond donors (Lipinski definition) is 0. The average Bonchev–Trinajstić information content (AvgIpc) is 2.52. The van der Waals surface area contributed by atoms with Crippen molar-refractivity contribution < 1.29 is 4.79 Å². The fourth-order valence-corrected chi connectivity index (χ4v) is 2.36. The monoisotopic (exact) mass is 165 g/mol. The van der Waals surface area contributed by atoms with E-state index in [1.54, 1.807) is 6.92 Å².